The molecule has 2 aliphatic carbocycles. The second-order valence-electron chi connectivity index (χ2n) is 9.86. The number of esters is 2. The van der Waals surface area contributed by atoms with Crippen molar-refractivity contribution in [3.05, 3.63) is 0 Å². The van der Waals surface area contributed by atoms with Gasteiger partial charge >= 0.3 is 11.9 Å². The van der Waals surface area contributed by atoms with Gasteiger partial charge in [0.05, 0.1) is 14.2 Å². The molecule has 6 nitrogen and oxygen atoms in total. The van der Waals surface area contributed by atoms with Crippen LogP contribution in [0.3, 0.4) is 0 Å². The van der Waals surface area contributed by atoms with Gasteiger partial charge in [-0.05, 0) is 70.3 Å². The highest BCUT2D eigenvalue weighted by Crippen LogP contribution is 2.36. The minimum Gasteiger partial charge on any atom is -0.468 e. The summed E-state index contributed by atoms with van der Waals surface area (Å²) < 4.78 is 9.49. The maximum absolute atomic E-state index is 11.5. The van der Waals surface area contributed by atoms with Crippen molar-refractivity contribution in [1.29, 1.82) is 0 Å². The molecule has 1 N–H and O–H groups in total. The van der Waals surface area contributed by atoms with Crippen LogP contribution >= 0.6 is 0 Å². The van der Waals surface area contributed by atoms with Crippen molar-refractivity contribution in [2.24, 2.45) is 23.7 Å². The minimum absolute atomic E-state index is 0.127. The van der Waals surface area contributed by atoms with E-state index in [1.807, 2.05) is 20.9 Å². The van der Waals surface area contributed by atoms with Gasteiger partial charge in [-0.25, -0.2) is 0 Å². The van der Waals surface area contributed by atoms with Gasteiger partial charge in [0.1, 0.15) is 12.1 Å². The molecule has 0 aromatic carbocycles. The van der Waals surface area contributed by atoms with Crippen LogP contribution in [0, 0.1) is 23.7 Å². The van der Waals surface area contributed by atoms with Crippen LogP contribution in [0.5, 0.6) is 0 Å². The van der Waals surface area contributed by atoms with Gasteiger partial charge in [-0.15, -0.1) is 0 Å². The number of hydrogen-bond acceptors (Lipinski definition) is 6. The van der Waals surface area contributed by atoms with E-state index in [2.05, 4.69) is 37.9 Å². The summed E-state index contributed by atoms with van der Waals surface area (Å²) in [7, 11) is 4.93. The Kier molecular flexibility index (Phi) is 12.1. The topological polar surface area (TPSA) is 67.9 Å². The summed E-state index contributed by atoms with van der Waals surface area (Å²) >= 11 is 0. The van der Waals surface area contributed by atoms with Crippen LogP contribution in [-0.4, -0.2) is 62.3 Å². The van der Waals surface area contributed by atoms with Gasteiger partial charge < -0.3 is 14.8 Å². The lowest BCUT2D eigenvalue weighted by atomic mass is 9.96. The molecule has 0 saturated heterocycles. The van der Waals surface area contributed by atoms with Gasteiger partial charge in [0.15, 0.2) is 0 Å². The number of carbonyl (C=O) groups is 2. The quantitative estimate of drug-likeness (QED) is 0.569. The standard InChI is InChI=1S/C13H25NO2.C12H23NO2/c1-6-11-8-12(7-9(11)2)14(4)10(3)13(15)16-5;1-5-10-7-11(6-8(10)2)13-9(3)12(14)15-4/h9-12H,6-8H2,1-5H3;8-11,13H,5-7H2,1-4H3/t9-,10?,11-,12?;8-,9?,10-,11?/m00/s1. The molecule has 0 aliphatic heterocycles. The van der Waals surface area contributed by atoms with Crippen LogP contribution in [0.2, 0.25) is 0 Å². The van der Waals surface area contributed by atoms with E-state index in [-0.39, 0.29) is 24.0 Å². The minimum atomic E-state index is -0.178. The zero-order valence-electron chi connectivity index (χ0n) is 21.4. The Hall–Kier alpha value is -1.14. The van der Waals surface area contributed by atoms with Crippen molar-refractivity contribution < 1.29 is 19.1 Å². The van der Waals surface area contributed by atoms with E-state index >= 15 is 0 Å². The second-order valence-corrected chi connectivity index (χ2v) is 9.86. The molecule has 2 rings (SSSR count). The number of hydrogen-bond donors (Lipinski definition) is 1. The normalized spacial score (nSPS) is 32.2. The first-order valence-electron chi connectivity index (χ1n) is 12.2. The first-order chi connectivity index (χ1) is 14.6. The Bertz CT molecular complexity index is 556. The van der Waals surface area contributed by atoms with E-state index in [4.69, 9.17) is 9.47 Å². The molecule has 2 saturated carbocycles. The summed E-state index contributed by atoms with van der Waals surface area (Å²) in [6.07, 6.45) is 7.29. The monoisotopic (exact) mass is 440 g/mol. The van der Waals surface area contributed by atoms with Crippen molar-refractivity contribution in [1.82, 2.24) is 10.2 Å². The predicted octanol–water partition coefficient (Wildman–Crippen LogP) is 4.27. The fraction of sp³-hybridized carbons (Fsp3) is 0.920. The number of carbonyl (C=O) groups excluding carboxylic acids is 2. The molecular weight excluding hydrogens is 392 g/mol. The van der Waals surface area contributed by atoms with E-state index in [1.165, 1.54) is 52.7 Å². The molecule has 6 heteroatoms. The predicted molar refractivity (Wildman–Crippen MR) is 126 cm³/mol. The van der Waals surface area contributed by atoms with Crippen molar-refractivity contribution in [3.63, 3.8) is 0 Å². The molecule has 0 heterocycles. The Morgan fingerprint density at radius 2 is 1.42 bits per heavy atom. The lowest BCUT2D eigenvalue weighted by Crippen LogP contribution is -2.42. The van der Waals surface area contributed by atoms with Gasteiger partial charge in [0, 0.05) is 12.1 Å². The van der Waals surface area contributed by atoms with Crippen LogP contribution in [-0.2, 0) is 19.1 Å². The third-order valence-corrected chi connectivity index (χ3v) is 7.89. The summed E-state index contributed by atoms with van der Waals surface area (Å²) in [4.78, 5) is 24.9. The number of nitrogens with zero attached hydrogens (tertiary/aromatic N) is 1. The second kappa shape index (κ2) is 13.4. The molecule has 0 bridgehead atoms. The third kappa shape index (κ3) is 8.05. The number of nitrogens with one attached hydrogen (secondary N) is 1. The summed E-state index contributed by atoms with van der Waals surface area (Å²) in [6, 6.07) is 0.716. The SMILES string of the molecule is CC[C@H]1CC(N(C)C(C)C(=O)OC)C[C@@H]1C.CC[C@H]1CC(NC(C)C(=O)OC)C[C@@H]1C. The lowest BCUT2D eigenvalue weighted by Gasteiger charge is -2.28. The van der Waals surface area contributed by atoms with E-state index in [0.29, 0.717) is 12.1 Å². The molecule has 31 heavy (non-hydrogen) atoms. The zero-order chi connectivity index (χ0) is 23.7. The number of rotatable bonds is 8. The third-order valence-electron chi connectivity index (χ3n) is 7.89. The lowest BCUT2D eigenvalue weighted by molar-refractivity contribution is -0.146. The zero-order valence-corrected chi connectivity index (χ0v) is 21.4. The number of ether oxygens (including phenoxy) is 2. The van der Waals surface area contributed by atoms with Crippen LogP contribution in [0.4, 0.5) is 0 Å². The highest BCUT2D eigenvalue weighted by molar-refractivity contribution is 5.75. The Morgan fingerprint density at radius 3 is 1.87 bits per heavy atom. The summed E-state index contributed by atoms with van der Waals surface area (Å²) in [6.45, 7) is 12.9. The highest BCUT2D eigenvalue weighted by atomic mass is 16.5. The maximum atomic E-state index is 11.5. The Labute approximate surface area is 190 Å². The van der Waals surface area contributed by atoms with E-state index in [0.717, 1.165) is 23.7 Å². The van der Waals surface area contributed by atoms with Crippen LogP contribution in [0.15, 0.2) is 0 Å². The summed E-state index contributed by atoms with van der Waals surface area (Å²) in [5.41, 5.74) is 0. The van der Waals surface area contributed by atoms with Crippen molar-refractivity contribution in [2.75, 3.05) is 21.3 Å². The van der Waals surface area contributed by atoms with E-state index < -0.39 is 0 Å². The summed E-state index contributed by atoms with van der Waals surface area (Å²) in [5.74, 6) is 2.89. The molecule has 2 aliphatic rings. The highest BCUT2D eigenvalue weighted by Gasteiger charge is 2.35. The van der Waals surface area contributed by atoms with E-state index in [1.54, 1.807) is 0 Å². The Morgan fingerprint density at radius 1 is 0.903 bits per heavy atom. The van der Waals surface area contributed by atoms with Crippen molar-refractivity contribution in [2.45, 2.75) is 104 Å². The molecule has 8 atom stereocenters. The molecule has 182 valence electrons. The first-order valence-corrected chi connectivity index (χ1v) is 12.2. The molecule has 0 aromatic heterocycles. The first kappa shape index (κ1) is 27.9. The van der Waals surface area contributed by atoms with Crippen molar-refractivity contribution >= 4 is 11.9 Å². The summed E-state index contributed by atoms with van der Waals surface area (Å²) in [5, 5.41) is 3.35. The molecule has 0 aromatic rings. The van der Waals surface area contributed by atoms with Crippen molar-refractivity contribution in [3.8, 4) is 0 Å². The fourth-order valence-corrected chi connectivity index (χ4v) is 5.49. The maximum Gasteiger partial charge on any atom is 0.322 e. The average Bonchev–Trinajstić information content (AvgIpc) is 3.32. The van der Waals surface area contributed by atoms with Crippen LogP contribution in [0.1, 0.15) is 80.1 Å². The van der Waals surface area contributed by atoms with Gasteiger partial charge in [0.25, 0.3) is 0 Å². The molecule has 2 fully saturated rings. The molecule has 0 spiro atoms. The van der Waals surface area contributed by atoms with Gasteiger partial charge in [0.2, 0.25) is 0 Å². The number of likely N-dealkylation sites (N-methyl/N-ethyl adjacent to an activating group) is 1. The Balaban J connectivity index is 0.000000311. The fourth-order valence-electron chi connectivity index (χ4n) is 5.49. The van der Waals surface area contributed by atoms with Crippen LogP contribution in [0.25, 0.3) is 0 Å². The molecule has 0 amide bonds. The smallest absolute Gasteiger partial charge is 0.322 e. The van der Waals surface area contributed by atoms with Crippen LogP contribution < -0.4 is 5.32 Å². The molecule has 0 radical (unpaired) electrons. The van der Waals surface area contributed by atoms with Gasteiger partial charge in [-0.3, -0.25) is 14.5 Å². The largest absolute Gasteiger partial charge is 0.468 e. The van der Waals surface area contributed by atoms with Gasteiger partial charge in [-0.1, -0.05) is 40.5 Å². The van der Waals surface area contributed by atoms with E-state index in [9.17, 15) is 9.59 Å². The molecule has 4 unspecified atom stereocenters. The average molecular weight is 441 g/mol. The van der Waals surface area contributed by atoms with Gasteiger partial charge in [-0.2, -0.15) is 0 Å². The molecular formula is C25H48N2O4. The number of methoxy groups -OCH3 is 2.